The summed E-state index contributed by atoms with van der Waals surface area (Å²) in [5.74, 6) is 0.872. The van der Waals surface area contributed by atoms with E-state index in [1.54, 1.807) is 4.90 Å². The van der Waals surface area contributed by atoms with E-state index in [1.807, 2.05) is 26.8 Å². The van der Waals surface area contributed by atoms with Crippen LogP contribution in [0.3, 0.4) is 0 Å². The van der Waals surface area contributed by atoms with Crippen LogP contribution in [-0.2, 0) is 22.6 Å². The smallest absolute Gasteiger partial charge is 0.410 e. The van der Waals surface area contributed by atoms with E-state index in [0.717, 1.165) is 56.1 Å². The summed E-state index contributed by atoms with van der Waals surface area (Å²) < 4.78 is 16.7. The van der Waals surface area contributed by atoms with Crippen LogP contribution in [-0.4, -0.2) is 60.9 Å². The summed E-state index contributed by atoms with van der Waals surface area (Å²) >= 11 is 0. The SMILES string of the molecule is CC(C)(C)OC(=O)N1Cc2ccc(OCCCN3CCOCC3)cc2C1. The Hall–Kier alpha value is -1.79. The molecule has 0 bridgehead atoms. The molecule has 6 nitrogen and oxygen atoms in total. The first-order valence-corrected chi connectivity index (χ1v) is 9.43. The number of ether oxygens (including phenoxy) is 3. The Morgan fingerprint density at radius 2 is 1.88 bits per heavy atom. The lowest BCUT2D eigenvalue weighted by molar-refractivity contribution is 0.0242. The van der Waals surface area contributed by atoms with E-state index < -0.39 is 5.60 Å². The lowest BCUT2D eigenvalue weighted by Gasteiger charge is -2.26. The van der Waals surface area contributed by atoms with Gasteiger partial charge in [0.25, 0.3) is 0 Å². The van der Waals surface area contributed by atoms with Crippen LogP contribution >= 0.6 is 0 Å². The molecule has 0 saturated carbocycles. The van der Waals surface area contributed by atoms with Crippen molar-refractivity contribution >= 4 is 6.09 Å². The predicted octanol–water partition coefficient (Wildman–Crippen LogP) is 3.04. The lowest BCUT2D eigenvalue weighted by Crippen LogP contribution is -2.37. The number of nitrogens with zero attached hydrogens (tertiary/aromatic N) is 2. The van der Waals surface area contributed by atoms with Crippen LogP contribution in [0.15, 0.2) is 18.2 Å². The van der Waals surface area contributed by atoms with Crippen LogP contribution in [0.1, 0.15) is 38.3 Å². The van der Waals surface area contributed by atoms with Gasteiger partial charge in [-0.05, 0) is 50.5 Å². The zero-order valence-electron chi connectivity index (χ0n) is 16.1. The van der Waals surface area contributed by atoms with E-state index in [4.69, 9.17) is 14.2 Å². The quantitative estimate of drug-likeness (QED) is 0.754. The molecule has 1 aromatic carbocycles. The second-order valence-electron chi connectivity index (χ2n) is 7.92. The maximum Gasteiger partial charge on any atom is 0.410 e. The number of carbonyl (C=O) groups is 1. The van der Waals surface area contributed by atoms with Crippen molar-refractivity contribution in [3.8, 4) is 5.75 Å². The molecule has 1 aromatic rings. The zero-order chi connectivity index (χ0) is 18.6. The highest BCUT2D eigenvalue weighted by molar-refractivity contribution is 5.69. The molecule has 0 atom stereocenters. The van der Waals surface area contributed by atoms with Crippen molar-refractivity contribution in [1.29, 1.82) is 0 Å². The van der Waals surface area contributed by atoms with Gasteiger partial charge in [-0.3, -0.25) is 9.80 Å². The Balaban J connectivity index is 1.45. The summed E-state index contributed by atoms with van der Waals surface area (Å²) in [7, 11) is 0. The second kappa shape index (κ2) is 8.27. The van der Waals surface area contributed by atoms with E-state index in [9.17, 15) is 4.79 Å². The molecule has 2 aliphatic rings. The molecule has 0 aliphatic carbocycles. The Bertz CT molecular complexity index is 621. The van der Waals surface area contributed by atoms with Crippen LogP contribution in [0, 0.1) is 0 Å². The number of carbonyl (C=O) groups excluding carboxylic acids is 1. The predicted molar refractivity (Wildman–Crippen MR) is 99.3 cm³/mol. The Morgan fingerprint density at radius 3 is 2.62 bits per heavy atom. The Labute approximate surface area is 156 Å². The third kappa shape index (κ3) is 5.35. The van der Waals surface area contributed by atoms with Crippen molar-refractivity contribution < 1.29 is 19.0 Å². The standard InChI is InChI=1S/C20H30N2O4/c1-20(2,3)26-19(23)22-14-16-5-6-18(13-17(16)15-22)25-10-4-7-21-8-11-24-12-9-21/h5-6,13H,4,7-12,14-15H2,1-3H3. The monoisotopic (exact) mass is 362 g/mol. The highest BCUT2D eigenvalue weighted by atomic mass is 16.6. The van der Waals surface area contributed by atoms with E-state index in [-0.39, 0.29) is 6.09 Å². The molecule has 0 spiro atoms. The fourth-order valence-electron chi connectivity index (χ4n) is 3.22. The third-order valence-electron chi connectivity index (χ3n) is 4.54. The van der Waals surface area contributed by atoms with E-state index in [0.29, 0.717) is 19.7 Å². The molecule has 1 fully saturated rings. The van der Waals surface area contributed by atoms with Crippen LogP contribution in [0.25, 0.3) is 0 Å². The number of amides is 1. The molecule has 1 amide bonds. The third-order valence-corrected chi connectivity index (χ3v) is 4.54. The molecule has 0 radical (unpaired) electrons. The molecular formula is C20H30N2O4. The van der Waals surface area contributed by atoms with Crippen LogP contribution < -0.4 is 4.74 Å². The minimum Gasteiger partial charge on any atom is -0.494 e. The van der Waals surface area contributed by atoms with E-state index in [1.165, 1.54) is 0 Å². The fraction of sp³-hybridized carbons (Fsp3) is 0.650. The van der Waals surface area contributed by atoms with Gasteiger partial charge in [-0.25, -0.2) is 4.79 Å². The van der Waals surface area contributed by atoms with Crippen molar-refractivity contribution in [2.75, 3.05) is 39.5 Å². The molecule has 144 valence electrons. The summed E-state index contributed by atoms with van der Waals surface area (Å²) in [6, 6.07) is 6.09. The van der Waals surface area contributed by atoms with Crippen LogP contribution in [0.2, 0.25) is 0 Å². The molecule has 2 aliphatic heterocycles. The average Bonchev–Trinajstić information content (AvgIpc) is 3.02. The van der Waals surface area contributed by atoms with Crippen molar-refractivity contribution in [2.24, 2.45) is 0 Å². The van der Waals surface area contributed by atoms with Crippen molar-refractivity contribution in [3.63, 3.8) is 0 Å². The topological polar surface area (TPSA) is 51.2 Å². The zero-order valence-corrected chi connectivity index (χ0v) is 16.1. The molecule has 6 heteroatoms. The number of fused-ring (bicyclic) bond motifs is 1. The molecule has 26 heavy (non-hydrogen) atoms. The normalized spacial score (nSPS) is 17.9. The number of hydrogen-bond acceptors (Lipinski definition) is 5. The van der Waals surface area contributed by atoms with Crippen LogP contribution in [0.5, 0.6) is 5.75 Å². The first kappa shape index (κ1) is 19.0. The molecule has 0 unspecified atom stereocenters. The summed E-state index contributed by atoms with van der Waals surface area (Å²) in [6.45, 7) is 12.3. The van der Waals surface area contributed by atoms with Crippen molar-refractivity contribution in [3.05, 3.63) is 29.3 Å². The van der Waals surface area contributed by atoms with Gasteiger partial charge in [0.05, 0.1) is 19.8 Å². The number of rotatable bonds is 5. The largest absolute Gasteiger partial charge is 0.494 e. The van der Waals surface area contributed by atoms with E-state index >= 15 is 0 Å². The number of morpholine rings is 1. The molecule has 1 saturated heterocycles. The summed E-state index contributed by atoms with van der Waals surface area (Å²) in [6.07, 6.45) is 0.739. The first-order valence-electron chi connectivity index (χ1n) is 9.43. The van der Waals surface area contributed by atoms with Gasteiger partial charge in [0.2, 0.25) is 0 Å². The fourth-order valence-corrected chi connectivity index (χ4v) is 3.22. The number of benzene rings is 1. The minimum atomic E-state index is -0.472. The van der Waals surface area contributed by atoms with Crippen molar-refractivity contribution in [1.82, 2.24) is 9.80 Å². The maximum atomic E-state index is 12.2. The van der Waals surface area contributed by atoms with Gasteiger partial charge in [-0.15, -0.1) is 0 Å². The maximum absolute atomic E-state index is 12.2. The van der Waals surface area contributed by atoms with Gasteiger partial charge in [-0.2, -0.15) is 0 Å². The van der Waals surface area contributed by atoms with Crippen LogP contribution in [0.4, 0.5) is 4.79 Å². The number of hydrogen-bond donors (Lipinski definition) is 0. The van der Waals surface area contributed by atoms with Gasteiger partial charge >= 0.3 is 6.09 Å². The van der Waals surface area contributed by atoms with Gasteiger partial charge < -0.3 is 14.2 Å². The van der Waals surface area contributed by atoms with Gasteiger partial charge in [0.15, 0.2) is 0 Å². The highest BCUT2D eigenvalue weighted by Gasteiger charge is 2.27. The Morgan fingerprint density at radius 1 is 1.15 bits per heavy atom. The van der Waals surface area contributed by atoms with Gasteiger partial charge in [-0.1, -0.05) is 6.07 Å². The molecule has 2 heterocycles. The Kier molecular flexibility index (Phi) is 6.04. The minimum absolute atomic E-state index is 0.262. The molecule has 0 N–H and O–H groups in total. The molecular weight excluding hydrogens is 332 g/mol. The summed E-state index contributed by atoms with van der Waals surface area (Å²) in [5.41, 5.74) is 1.83. The molecule has 3 rings (SSSR count). The summed E-state index contributed by atoms with van der Waals surface area (Å²) in [4.78, 5) is 16.4. The molecule has 0 aromatic heterocycles. The second-order valence-corrected chi connectivity index (χ2v) is 7.92. The van der Waals surface area contributed by atoms with Crippen molar-refractivity contribution in [2.45, 2.75) is 45.9 Å². The van der Waals surface area contributed by atoms with Gasteiger partial charge in [0.1, 0.15) is 11.4 Å². The summed E-state index contributed by atoms with van der Waals surface area (Å²) in [5, 5.41) is 0. The first-order chi connectivity index (χ1) is 12.4. The van der Waals surface area contributed by atoms with Gasteiger partial charge in [0, 0.05) is 32.7 Å². The lowest BCUT2D eigenvalue weighted by atomic mass is 10.1. The average molecular weight is 362 g/mol. The van der Waals surface area contributed by atoms with E-state index in [2.05, 4.69) is 17.0 Å². The highest BCUT2D eigenvalue weighted by Crippen LogP contribution is 2.28.